The Morgan fingerprint density at radius 3 is 2.76 bits per heavy atom. The van der Waals surface area contributed by atoms with Crippen LogP contribution in [0.4, 0.5) is 5.82 Å². The van der Waals surface area contributed by atoms with E-state index in [1.54, 1.807) is 7.11 Å². The molecule has 0 saturated carbocycles. The predicted molar refractivity (Wildman–Crippen MR) is 101 cm³/mol. The van der Waals surface area contributed by atoms with Gasteiger partial charge in [-0.25, -0.2) is 4.68 Å². The number of hydrogen-bond donors (Lipinski definition) is 1. The van der Waals surface area contributed by atoms with Crippen LogP contribution in [0.2, 0.25) is 5.02 Å². The van der Waals surface area contributed by atoms with Crippen LogP contribution in [0.25, 0.3) is 5.69 Å². The van der Waals surface area contributed by atoms with Crippen LogP contribution in [0.1, 0.15) is 16.8 Å². The number of ether oxygens (including phenoxy) is 1. The van der Waals surface area contributed by atoms with Crippen molar-refractivity contribution in [3.63, 3.8) is 0 Å². The molecule has 0 fully saturated rings. The second kappa shape index (κ2) is 6.81. The monoisotopic (exact) mass is 353 g/mol. The maximum atomic E-state index is 6.15. The fourth-order valence-electron chi connectivity index (χ4n) is 3.30. The van der Waals surface area contributed by atoms with E-state index in [2.05, 4.69) is 17.4 Å². The summed E-state index contributed by atoms with van der Waals surface area (Å²) in [4.78, 5) is 0. The summed E-state index contributed by atoms with van der Waals surface area (Å²) < 4.78 is 7.20. The Balaban J connectivity index is 1.59. The molecule has 1 aromatic heterocycles. The molecule has 4 rings (SSSR count). The van der Waals surface area contributed by atoms with E-state index in [4.69, 9.17) is 21.4 Å². The molecule has 1 N–H and O–H groups in total. The number of nitrogens with zero attached hydrogens (tertiary/aromatic N) is 2. The minimum atomic E-state index is 0.722. The molecule has 1 aliphatic heterocycles. The lowest BCUT2D eigenvalue weighted by Crippen LogP contribution is -2.05. The van der Waals surface area contributed by atoms with E-state index in [1.807, 2.05) is 41.1 Å². The summed E-state index contributed by atoms with van der Waals surface area (Å²) in [7, 11) is 1.69. The zero-order valence-electron chi connectivity index (χ0n) is 14.1. The minimum absolute atomic E-state index is 0.722. The lowest BCUT2D eigenvalue weighted by atomic mass is 10.1. The predicted octanol–water partition coefficient (Wildman–Crippen LogP) is 4.29. The molecule has 5 heteroatoms. The average Bonchev–Trinajstić information content (AvgIpc) is 3.23. The molecule has 2 heterocycles. The number of rotatable bonds is 5. The number of anilines is 1. The molecule has 128 valence electrons. The fraction of sp³-hybridized carbons (Fsp3) is 0.250. The number of aromatic nitrogens is 2. The van der Waals surface area contributed by atoms with Crippen molar-refractivity contribution in [2.75, 3.05) is 19.0 Å². The van der Waals surface area contributed by atoms with Gasteiger partial charge >= 0.3 is 0 Å². The molecule has 0 amide bonds. The highest BCUT2D eigenvalue weighted by Gasteiger charge is 2.22. The maximum absolute atomic E-state index is 6.15. The zero-order chi connectivity index (χ0) is 17.2. The van der Waals surface area contributed by atoms with Crippen LogP contribution < -0.4 is 10.1 Å². The first-order valence-corrected chi connectivity index (χ1v) is 8.86. The van der Waals surface area contributed by atoms with Crippen LogP contribution >= 0.6 is 11.6 Å². The largest absolute Gasteiger partial charge is 0.497 e. The first kappa shape index (κ1) is 16.0. The van der Waals surface area contributed by atoms with Gasteiger partial charge in [-0.3, -0.25) is 0 Å². The second-order valence-electron chi connectivity index (χ2n) is 6.19. The van der Waals surface area contributed by atoms with E-state index in [9.17, 15) is 0 Å². The summed E-state index contributed by atoms with van der Waals surface area (Å²) in [6, 6.07) is 16.1. The summed E-state index contributed by atoms with van der Waals surface area (Å²) in [5.41, 5.74) is 4.77. The molecule has 0 unspecified atom stereocenters. The van der Waals surface area contributed by atoms with E-state index < -0.39 is 0 Å². The summed E-state index contributed by atoms with van der Waals surface area (Å²) in [6.45, 7) is 0.962. The Kier molecular flexibility index (Phi) is 4.36. The van der Waals surface area contributed by atoms with Crippen LogP contribution in [0.3, 0.4) is 0 Å². The van der Waals surface area contributed by atoms with Crippen molar-refractivity contribution in [1.82, 2.24) is 9.78 Å². The highest BCUT2D eigenvalue weighted by Crippen LogP contribution is 2.30. The van der Waals surface area contributed by atoms with Gasteiger partial charge in [0.15, 0.2) is 0 Å². The molecule has 0 spiro atoms. The van der Waals surface area contributed by atoms with Crippen molar-refractivity contribution >= 4 is 17.4 Å². The first-order valence-electron chi connectivity index (χ1n) is 8.48. The number of halogens is 1. The SMILES string of the molecule is COc1ccc(CCc2nn(-c3cccc(Cl)c3)c3c2CCN3)cc1. The number of methoxy groups -OCH3 is 1. The van der Waals surface area contributed by atoms with Crippen molar-refractivity contribution in [3.8, 4) is 11.4 Å². The number of fused-ring (bicyclic) bond motifs is 1. The van der Waals surface area contributed by atoms with Gasteiger partial charge in [-0.15, -0.1) is 0 Å². The summed E-state index contributed by atoms with van der Waals surface area (Å²) in [5, 5.41) is 9.05. The topological polar surface area (TPSA) is 39.1 Å². The number of aryl methyl sites for hydroxylation is 2. The molecule has 25 heavy (non-hydrogen) atoms. The molecular formula is C20H20ClN3O. The molecule has 0 bridgehead atoms. The van der Waals surface area contributed by atoms with Crippen LogP contribution in [0.15, 0.2) is 48.5 Å². The minimum Gasteiger partial charge on any atom is -0.497 e. The second-order valence-corrected chi connectivity index (χ2v) is 6.63. The normalized spacial score (nSPS) is 12.7. The average molecular weight is 354 g/mol. The van der Waals surface area contributed by atoms with Crippen molar-refractivity contribution in [2.24, 2.45) is 0 Å². The molecule has 0 radical (unpaired) electrons. The van der Waals surface area contributed by atoms with E-state index >= 15 is 0 Å². The van der Waals surface area contributed by atoms with Crippen LogP contribution in [0.5, 0.6) is 5.75 Å². The molecule has 3 aromatic rings. The Morgan fingerprint density at radius 2 is 2.00 bits per heavy atom. The Bertz CT molecular complexity index is 886. The van der Waals surface area contributed by atoms with Gasteiger partial charge in [-0.1, -0.05) is 29.8 Å². The number of nitrogens with one attached hydrogen (secondary N) is 1. The van der Waals surface area contributed by atoms with Crippen LogP contribution in [0, 0.1) is 0 Å². The van der Waals surface area contributed by atoms with Crippen molar-refractivity contribution in [3.05, 3.63) is 70.4 Å². The van der Waals surface area contributed by atoms with Crippen LogP contribution in [-0.2, 0) is 19.3 Å². The third-order valence-corrected chi connectivity index (χ3v) is 4.83. The Labute approximate surface area is 152 Å². The molecule has 0 aliphatic carbocycles. The van der Waals surface area contributed by atoms with Gasteiger partial charge in [0.1, 0.15) is 11.6 Å². The van der Waals surface area contributed by atoms with Gasteiger partial charge in [-0.2, -0.15) is 5.10 Å². The lowest BCUT2D eigenvalue weighted by molar-refractivity contribution is 0.414. The van der Waals surface area contributed by atoms with Gasteiger partial charge in [0.05, 0.1) is 18.5 Å². The summed E-state index contributed by atoms with van der Waals surface area (Å²) >= 11 is 6.15. The first-order chi connectivity index (χ1) is 12.2. The molecule has 4 nitrogen and oxygen atoms in total. The summed E-state index contributed by atoms with van der Waals surface area (Å²) in [5.74, 6) is 1.99. The van der Waals surface area contributed by atoms with Crippen LogP contribution in [-0.4, -0.2) is 23.4 Å². The van der Waals surface area contributed by atoms with Crippen molar-refractivity contribution in [2.45, 2.75) is 19.3 Å². The van der Waals surface area contributed by atoms with Gasteiger partial charge in [0.2, 0.25) is 0 Å². The number of hydrogen-bond acceptors (Lipinski definition) is 3. The highest BCUT2D eigenvalue weighted by atomic mass is 35.5. The molecular weight excluding hydrogens is 334 g/mol. The molecule has 0 atom stereocenters. The molecule has 1 aliphatic rings. The van der Waals surface area contributed by atoms with Gasteiger partial charge in [0, 0.05) is 17.1 Å². The Morgan fingerprint density at radius 1 is 1.16 bits per heavy atom. The van der Waals surface area contributed by atoms with Crippen molar-refractivity contribution < 1.29 is 4.74 Å². The maximum Gasteiger partial charge on any atom is 0.133 e. The van der Waals surface area contributed by atoms with E-state index in [-0.39, 0.29) is 0 Å². The van der Waals surface area contributed by atoms with Gasteiger partial charge in [0.25, 0.3) is 0 Å². The zero-order valence-corrected chi connectivity index (χ0v) is 14.9. The fourth-order valence-corrected chi connectivity index (χ4v) is 3.48. The van der Waals surface area contributed by atoms with E-state index in [0.29, 0.717) is 0 Å². The number of benzene rings is 2. The quantitative estimate of drug-likeness (QED) is 0.743. The standard InChI is InChI=1S/C20H20ClN3O/c1-25-17-8-5-14(6-9-17)7-10-19-18-11-12-22-20(18)24(23-19)16-4-2-3-15(21)13-16/h2-6,8-9,13,22H,7,10-12H2,1H3. The molecule has 0 saturated heterocycles. The van der Waals surface area contributed by atoms with Crippen molar-refractivity contribution in [1.29, 1.82) is 0 Å². The van der Waals surface area contributed by atoms with E-state index in [1.165, 1.54) is 11.1 Å². The third-order valence-electron chi connectivity index (χ3n) is 4.60. The summed E-state index contributed by atoms with van der Waals surface area (Å²) in [6.07, 6.45) is 2.90. The molecule has 2 aromatic carbocycles. The lowest BCUT2D eigenvalue weighted by Gasteiger charge is -2.06. The third kappa shape index (κ3) is 3.22. The highest BCUT2D eigenvalue weighted by molar-refractivity contribution is 6.30. The van der Waals surface area contributed by atoms with Gasteiger partial charge < -0.3 is 10.1 Å². The van der Waals surface area contributed by atoms with E-state index in [0.717, 1.165) is 53.8 Å². The Hall–Kier alpha value is -2.46. The van der Waals surface area contributed by atoms with Gasteiger partial charge in [-0.05, 0) is 55.2 Å². The smallest absolute Gasteiger partial charge is 0.133 e.